The van der Waals surface area contributed by atoms with Gasteiger partial charge < -0.3 is 4.74 Å². The van der Waals surface area contributed by atoms with Crippen molar-refractivity contribution >= 4 is 33.0 Å². The summed E-state index contributed by atoms with van der Waals surface area (Å²) in [6, 6.07) is 15.1. The average molecular weight is 524 g/mol. The van der Waals surface area contributed by atoms with Gasteiger partial charge in [0.2, 0.25) is 0 Å². The Hall–Kier alpha value is -2.85. The molecule has 35 heavy (non-hydrogen) atoms. The van der Waals surface area contributed by atoms with Gasteiger partial charge in [0.15, 0.2) is 0 Å². The molecule has 0 aliphatic heterocycles. The van der Waals surface area contributed by atoms with E-state index in [0.29, 0.717) is 17.0 Å². The topological polar surface area (TPSA) is 63.7 Å². The lowest BCUT2D eigenvalue weighted by atomic mass is 9.95. The van der Waals surface area contributed by atoms with Gasteiger partial charge in [0.1, 0.15) is 9.75 Å². The highest BCUT2D eigenvalue weighted by Crippen LogP contribution is 2.43. The van der Waals surface area contributed by atoms with Crippen molar-refractivity contribution in [3.05, 3.63) is 70.4 Å². The first-order valence-corrected chi connectivity index (χ1v) is 13.4. The van der Waals surface area contributed by atoms with Crippen molar-refractivity contribution in [2.75, 3.05) is 11.4 Å². The number of sulfonamides is 1. The number of esters is 1. The molecule has 186 valence electrons. The summed E-state index contributed by atoms with van der Waals surface area (Å²) in [5.74, 6) is -0.864. The van der Waals surface area contributed by atoms with E-state index >= 15 is 0 Å². The predicted molar refractivity (Wildman–Crippen MR) is 129 cm³/mol. The molecule has 0 spiro atoms. The highest BCUT2D eigenvalue weighted by Gasteiger charge is 2.38. The summed E-state index contributed by atoms with van der Waals surface area (Å²) in [6.07, 6.45) is -0.267. The number of carbonyl (C=O) groups is 1. The van der Waals surface area contributed by atoms with Crippen LogP contribution in [0.5, 0.6) is 0 Å². The first-order valence-electron chi connectivity index (χ1n) is 11.1. The summed E-state index contributed by atoms with van der Waals surface area (Å²) < 4.78 is 74.4. The summed E-state index contributed by atoms with van der Waals surface area (Å²) in [7, 11) is -2.87. The van der Waals surface area contributed by atoms with E-state index in [1.165, 1.54) is 28.6 Å². The minimum Gasteiger partial charge on any atom is -0.465 e. The van der Waals surface area contributed by atoms with Crippen LogP contribution in [0.2, 0.25) is 0 Å². The number of hydrogen-bond donors (Lipinski definition) is 0. The zero-order valence-electron chi connectivity index (χ0n) is 18.9. The molecule has 5 nitrogen and oxygen atoms in total. The fourth-order valence-electron chi connectivity index (χ4n) is 4.37. The van der Waals surface area contributed by atoms with Gasteiger partial charge in [-0.25, -0.2) is 13.2 Å². The molecule has 1 aliphatic rings. The van der Waals surface area contributed by atoms with Gasteiger partial charge in [0.25, 0.3) is 10.0 Å². The highest BCUT2D eigenvalue weighted by molar-refractivity contribution is 7.92. The molecule has 10 heteroatoms. The third-order valence-electron chi connectivity index (χ3n) is 6.02. The number of para-hydroxylation sites is 1. The van der Waals surface area contributed by atoms with Crippen LogP contribution in [0.1, 0.15) is 46.7 Å². The molecule has 0 saturated heterocycles. The zero-order chi connectivity index (χ0) is 25.2. The second kappa shape index (κ2) is 10.0. The molecule has 2 aromatic carbocycles. The smallest absolute Gasteiger partial charge is 0.426 e. The summed E-state index contributed by atoms with van der Waals surface area (Å²) in [5.41, 5.74) is 0.522. The van der Waals surface area contributed by atoms with Crippen LogP contribution in [0.15, 0.2) is 65.6 Å². The Kier molecular flexibility index (Phi) is 7.23. The largest absolute Gasteiger partial charge is 0.465 e. The zero-order valence-corrected chi connectivity index (χ0v) is 20.5. The molecule has 1 heterocycles. The number of alkyl halides is 3. The van der Waals surface area contributed by atoms with E-state index in [-0.39, 0.29) is 26.9 Å². The third-order valence-corrected chi connectivity index (χ3v) is 9.07. The van der Waals surface area contributed by atoms with Crippen LogP contribution in [0.3, 0.4) is 0 Å². The minimum absolute atomic E-state index is 0.00680. The van der Waals surface area contributed by atoms with E-state index in [0.717, 1.165) is 45.3 Å². The summed E-state index contributed by atoms with van der Waals surface area (Å²) in [4.78, 5) is 10.7. The second-order valence-corrected chi connectivity index (χ2v) is 11.2. The number of anilines is 1. The maximum atomic E-state index is 13.7. The Morgan fingerprint density at radius 1 is 1.00 bits per heavy atom. The van der Waals surface area contributed by atoms with E-state index < -0.39 is 27.0 Å². The van der Waals surface area contributed by atoms with Gasteiger partial charge >= 0.3 is 12.1 Å². The molecule has 0 amide bonds. The lowest BCUT2D eigenvalue weighted by molar-refractivity contribution is -0.133. The van der Waals surface area contributed by atoms with Crippen molar-refractivity contribution in [3.63, 3.8) is 0 Å². The van der Waals surface area contributed by atoms with E-state index in [1.807, 2.05) is 6.07 Å². The summed E-state index contributed by atoms with van der Waals surface area (Å²) in [6.45, 7) is 0. The van der Waals surface area contributed by atoms with Crippen LogP contribution >= 0.6 is 11.3 Å². The normalized spacial score (nSPS) is 15.1. The fraction of sp³-hybridized carbons (Fsp3) is 0.320. The standard InChI is InChI=1S/C25H24F3NO4S2/c1-33-24(30)22-16-21(23(34-22)25(26,27)28)17-12-14-20(15-13-17)35(31,32)29(18-8-4-2-5-9-18)19-10-6-3-7-11-19/h2,4-5,8-9,12-16,19H,3,6-7,10-11H2,1H3. The second-order valence-electron chi connectivity index (χ2n) is 8.30. The molecular weight excluding hydrogens is 499 g/mol. The number of nitrogens with zero attached hydrogens (tertiary/aromatic N) is 1. The number of carbonyl (C=O) groups excluding carboxylic acids is 1. The van der Waals surface area contributed by atoms with Gasteiger partial charge in [-0.2, -0.15) is 13.2 Å². The van der Waals surface area contributed by atoms with E-state index in [4.69, 9.17) is 0 Å². The monoisotopic (exact) mass is 523 g/mol. The van der Waals surface area contributed by atoms with Gasteiger partial charge in [0.05, 0.1) is 17.7 Å². The Bertz CT molecular complexity index is 1280. The number of thiophene rings is 1. The number of methoxy groups -OCH3 is 1. The summed E-state index contributed by atoms with van der Waals surface area (Å²) in [5, 5.41) is 0. The van der Waals surface area contributed by atoms with Crippen molar-refractivity contribution in [1.82, 2.24) is 0 Å². The van der Waals surface area contributed by atoms with Gasteiger partial charge in [0, 0.05) is 11.6 Å². The van der Waals surface area contributed by atoms with E-state index in [1.54, 1.807) is 24.3 Å². The van der Waals surface area contributed by atoms with Crippen LogP contribution in [0, 0.1) is 0 Å². The number of ether oxygens (including phenoxy) is 1. The first kappa shape index (κ1) is 25.2. The van der Waals surface area contributed by atoms with Gasteiger partial charge in [-0.05, 0) is 48.7 Å². The van der Waals surface area contributed by atoms with Crippen molar-refractivity contribution in [2.45, 2.75) is 49.2 Å². The molecule has 0 N–H and O–H groups in total. The molecule has 0 unspecified atom stereocenters. The molecule has 0 bridgehead atoms. The van der Waals surface area contributed by atoms with Gasteiger partial charge in [-0.3, -0.25) is 4.31 Å². The minimum atomic E-state index is -4.68. The van der Waals surface area contributed by atoms with Crippen LogP contribution in [0.4, 0.5) is 18.9 Å². The van der Waals surface area contributed by atoms with Crippen molar-refractivity contribution in [1.29, 1.82) is 0 Å². The lowest BCUT2D eigenvalue weighted by Gasteiger charge is -2.35. The Labute approximate surface area is 206 Å². The van der Waals surface area contributed by atoms with Gasteiger partial charge in [-0.15, -0.1) is 11.3 Å². The Balaban J connectivity index is 1.73. The quantitative estimate of drug-likeness (QED) is 0.335. The molecule has 1 aliphatic carbocycles. The molecule has 0 radical (unpaired) electrons. The van der Waals surface area contributed by atoms with Crippen LogP contribution < -0.4 is 4.31 Å². The number of rotatable bonds is 6. The molecule has 1 saturated carbocycles. The van der Waals surface area contributed by atoms with Crippen LogP contribution in [-0.2, 0) is 20.9 Å². The summed E-state index contributed by atoms with van der Waals surface area (Å²) >= 11 is 0.299. The molecule has 1 aromatic heterocycles. The van der Waals surface area contributed by atoms with Crippen molar-refractivity contribution in [2.24, 2.45) is 0 Å². The molecular formula is C25H24F3NO4S2. The van der Waals surface area contributed by atoms with Gasteiger partial charge in [-0.1, -0.05) is 49.6 Å². The lowest BCUT2D eigenvalue weighted by Crippen LogP contribution is -2.41. The molecule has 4 rings (SSSR count). The molecule has 3 aromatic rings. The molecule has 1 fully saturated rings. The third kappa shape index (κ3) is 5.23. The molecule has 0 atom stereocenters. The van der Waals surface area contributed by atoms with Crippen molar-refractivity contribution < 1.29 is 31.1 Å². The number of hydrogen-bond acceptors (Lipinski definition) is 5. The predicted octanol–water partition coefficient (Wildman–Crippen LogP) is 6.75. The number of benzene rings is 2. The Morgan fingerprint density at radius 2 is 1.63 bits per heavy atom. The highest BCUT2D eigenvalue weighted by atomic mass is 32.2. The maximum Gasteiger partial charge on any atom is 0.426 e. The Morgan fingerprint density at radius 3 is 2.20 bits per heavy atom. The first-order chi connectivity index (χ1) is 16.6. The fourth-order valence-corrected chi connectivity index (χ4v) is 7.05. The maximum absolute atomic E-state index is 13.7. The van der Waals surface area contributed by atoms with Crippen LogP contribution in [0.25, 0.3) is 11.1 Å². The van der Waals surface area contributed by atoms with E-state index in [9.17, 15) is 26.4 Å². The number of halogens is 3. The average Bonchev–Trinajstić information content (AvgIpc) is 3.31. The van der Waals surface area contributed by atoms with E-state index in [2.05, 4.69) is 4.74 Å². The van der Waals surface area contributed by atoms with Crippen molar-refractivity contribution in [3.8, 4) is 11.1 Å². The van der Waals surface area contributed by atoms with Crippen LogP contribution in [-0.4, -0.2) is 27.5 Å². The SMILES string of the molecule is COC(=O)c1cc(-c2ccc(S(=O)(=O)N(c3ccccc3)C3CCCCC3)cc2)c(C(F)(F)F)s1.